The van der Waals surface area contributed by atoms with Gasteiger partial charge in [-0.2, -0.15) is 5.10 Å². The van der Waals surface area contributed by atoms with E-state index in [1.807, 2.05) is 25.7 Å². The first-order valence-corrected chi connectivity index (χ1v) is 7.27. The quantitative estimate of drug-likeness (QED) is 0.937. The highest BCUT2D eigenvalue weighted by atomic mass is 79.9. The molecule has 0 saturated heterocycles. The Hall–Kier alpha value is -0.850. The van der Waals surface area contributed by atoms with Gasteiger partial charge in [0.25, 0.3) is 0 Å². The van der Waals surface area contributed by atoms with Crippen LogP contribution in [0.15, 0.2) is 15.2 Å². The zero-order chi connectivity index (χ0) is 13.3. The van der Waals surface area contributed by atoms with Crippen LogP contribution in [0.2, 0.25) is 0 Å². The van der Waals surface area contributed by atoms with Gasteiger partial charge in [0.1, 0.15) is 5.82 Å². The number of halogens is 1. The molecule has 2 aromatic rings. The van der Waals surface area contributed by atoms with Crippen molar-refractivity contribution in [2.75, 3.05) is 11.9 Å². The molecule has 0 amide bonds. The smallest absolute Gasteiger partial charge is 0.132 e. The molecule has 0 aromatic carbocycles. The van der Waals surface area contributed by atoms with Crippen molar-refractivity contribution in [3.63, 3.8) is 0 Å². The van der Waals surface area contributed by atoms with E-state index in [1.54, 1.807) is 11.3 Å². The summed E-state index contributed by atoms with van der Waals surface area (Å²) in [6.07, 6.45) is 0. The van der Waals surface area contributed by atoms with Gasteiger partial charge in [-0.05, 0) is 39.9 Å². The molecule has 0 atom stereocenters. The van der Waals surface area contributed by atoms with Crippen molar-refractivity contribution in [2.24, 2.45) is 7.05 Å². The summed E-state index contributed by atoms with van der Waals surface area (Å²) in [6, 6.07) is 2.11. The lowest BCUT2D eigenvalue weighted by atomic mass is 10.2. The fourth-order valence-electron chi connectivity index (χ4n) is 2.13. The average Bonchev–Trinajstić information content (AvgIpc) is 2.82. The summed E-state index contributed by atoms with van der Waals surface area (Å²) in [5.41, 5.74) is 3.03. The molecule has 0 aliphatic heterocycles. The molecule has 1 N–H and O–H groups in total. The maximum absolute atomic E-state index is 9.45. The largest absolute Gasteiger partial charge is 0.391 e. The lowest BCUT2D eigenvalue weighted by molar-refractivity contribution is 0.281. The van der Waals surface area contributed by atoms with E-state index < -0.39 is 0 Å². The van der Waals surface area contributed by atoms with Crippen LogP contribution in [-0.2, 0) is 20.2 Å². The van der Waals surface area contributed by atoms with Crippen molar-refractivity contribution in [3.05, 3.63) is 32.1 Å². The summed E-state index contributed by atoms with van der Waals surface area (Å²) in [5.74, 6) is 0.970. The van der Waals surface area contributed by atoms with Crippen molar-refractivity contribution in [3.8, 4) is 0 Å². The summed E-state index contributed by atoms with van der Waals surface area (Å²) in [6.45, 7) is 2.74. The fraction of sp³-hybridized carbons (Fsp3) is 0.417. The van der Waals surface area contributed by atoms with Crippen molar-refractivity contribution >= 4 is 33.1 Å². The summed E-state index contributed by atoms with van der Waals surface area (Å²) in [4.78, 5) is 2.11. The van der Waals surface area contributed by atoms with E-state index in [0.29, 0.717) is 0 Å². The zero-order valence-corrected chi connectivity index (χ0v) is 13.0. The highest BCUT2D eigenvalue weighted by Crippen LogP contribution is 2.26. The van der Waals surface area contributed by atoms with Gasteiger partial charge in [0.05, 0.1) is 16.1 Å². The van der Waals surface area contributed by atoms with E-state index in [2.05, 4.69) is 37.4 Å². The van der Waals surface area contributed by atoms with Gasteiger partial charge in [-0.25, -0.2) is 0 Å². The Balaban J connectivity index is 2.25. The van der Waals surface area contributed by atoms with Crippen molar-refractivity contribution in [1.29, 1.82) is 0 Å². The Morgan fingerprint density at radius 3 is 2.83 bits per heavy atom. The summed E-state index contributed by atoms with van der Waals surface area (Å²) >= 11 is 5.15. The normalized spacial score (nSPS) is 10.9. The lowest BCUT2D eigenvalue weighted by Gasteiger charge is -2.20. The molecule has 0 aliphatic rings. The topological polar surface area (TPSA) is 41.3 Å². The van der Waals surface area contributed by atoms with Crippen LogP contribution in [0.4, 0.5) is 5.82 Å². The maximum Gasteiger partial charge on any atom is 0.132 e. The van der Waals surface area contributed by atoms with Gasteiger partial charge < -0.3 is 10.0 Å². The lowest BCUT2D eigenvalue weighted by Crippen LogP contribution is -2.20. The minimum absolute atomic E-state index is 0.0205. The van der Waals surface area contributed by atoms with Gasteiger partial charge >= 0.3 is 0 Å². The standard InChI is InChI=1S/C12H16BrN3OS/c1-8-10(6-17)12(16(3)14-8)15(2)5-9-4-11(13)18-7-9/h4,7,17H,5-6H2,1-3H3. The molecule has 0 fully saturated rings. The molecule has 2 heterocycles. The second-order valence-corrected chi connectivity index (χ2v) is 6.57. The van der Waals surface area contributed by atoms with Gasteiger partial charge in [-0.3, -0.25) is 4.68 Å². The number of hydrogen-bond donors (Lipinski definition) is 1. The van der Waals surface area contributed by atoms with Gasteiger partial charge in [0, 0.05) is 26.2 Å². The zero-order valence-electron chi connectivity index (χ0n) is 10.6. The minimum Gasteiger partial charge on any atom is -0.391 e. The number of aliphatic hydroxyl groups excluding tert-OH is 1. The number of nitrogens with zero attached hydrogens (tertiary/aromatic N) is 3. The molecule has 0 saturated carbocycles. The molecule has 18 heavy (non-hydrogen) atoms. The highest BCUT2D eigenvalue weighted by molar-refractivity contribution is 9.11. The maximum atomic E-state index is 9.45. The second-order valence-electron chi connectivity index (χ2n) is 4.28. The van der Waals surface area contributed by atoms with Crippen LogP contribution in [0.5, 0.6) is 0 Å². The predicted octanol–water partition coefficient (Wildman–Crippen LogP) is 2.68. The Morgan fingerprint density at radius 2 is 2.28 bits per heavy atom. The fourth-order valence-corrected chi connectivity index (χ4v) is 3.33. The number of rotatable bonds is 4. The second kappa shape index (κ2) is 5.42. The van der Waals surface area contributed by atoms with Crippen LogP contribution in [0.25, 0.3) is 0 Å². The van der Waals surface area contributed by atoms with E-state index in [0.717, 1.165) is 27.4 Å². The molecule has 4 nitrogen and oxygen atoms in total. The number of aliphatic hydroxyl groups is 1. The number of aryl methyl sites for hydroxylation is 2. The number of thiophene rings is 1. The number of aromatic nitrogens is 2. The van der Waals surface area contributed by atoms with Crippen molar-refractivity contribution in [2.45, 2.75) is 20.1 Å². The van der Waals surface area contributed by atoms with Crippen LogP contribution in [0.1, 0.15) is 16.8 Å². The van der Waals surface area contributed by atoms with E-state index in [1.165, 1.54) is 5.56 Å². The van der Waals surface area contributed by atoms with Gasteiger partial charge in [-0.1, -0.05) is 0 Å². The Labute approximate surface area is 119 Å². The third-order valence-electron chi connectivity index (χ3n) is 2.87. The first kappa shape index (κ1) is 13.6. The van der Waals surface area contributed by atoms with E-state index in [4.69, 9.17) is 0 Å². The van der Waals surface area contributed by atoms with Crippen molar-refractivity contribution < 1.29 is 5.11 Å². The number of anilines is 1. The molecule has 98 valence electrons. The molecule has 0 bridgehead atoms. The Bertz CT molecular complexity index is 550. The minimum atomic E-state index is 0.0205. The summed E-state index contributed by atoms with van der Waals surface area (Å²) in [5, 5.41) is 15.9. The van der Waals surface area contributed by atoms with E-state index in [-0.39, 0.29) is 6.61 Å². The molecular formula is C12H16BrN3OS. The summed E-state index contributed by atoms with van der Waals surface area (Å²) in [7, 11) is 3.92. The number of hydrogen-bond acceptors (Lipinski definition) is 4. The molecule has 0 spiro atoms. The van der Waals surface area contributed by atoms with Crippen molar-refractivity contribution in [1.82, 2.24) is 9.78 Å². The molecule has 2 rings (SSSR count). The highest BCUT2D eigenvalue weighted by Gasteiger charge is 2.16. The van der Waals surface area contributed by atoms with Crippen LogP contribution >= 0.6 is 27.3 Å². The van der Waals surface area contributed by atoms with E-state index >= 15 is 0 Å². The van der Waals surface area contributed by atoms with Crippen LogP contribution in [0, 0.1) is 6.92 Å². The molecule has 0 aliphatic carbocycles. The summed E-state index contributed by atoms with van der Waals surface area (Å²) < 4.78 is 2.96. The average molecular weight is 330 g/mol. The molecular weight excluding hydrogens is 314 g/mol. The van der Waals surface area contributed by atoms with E-state index in [9.17, 15) is 5.11 Å². The first-order valence-electron chi connectivity index (χ1n) is 5.60. The van der Waals surface area contributed by atoms with Gasteiger partial charge in [0.2, 0.25) is 0 Å². The molecule has 0 unspecified atom stereocenters. The first-order chi connectivity index (χ1) is 8.52. The Kier molecular flexibility index (Phi) is 4.09. The molecule has 2 aromatic heterocycles. The third kappa shape index (κ3) is 2.60. The molecule has 6 heteroatoms. The van der Waals surface area contributed by atoms with Crippen LogP contribution < -0.4 is 4.90 Å². The van der Waals surface area contributed by atoms with Crippen LogP contribution in [-0.4, -0.2) is 21.9 Å². The Morgan fingerprint density at radius 1 is 1.56 bits per heavy atom. The SMILES string of the molecule is Cc1nn(C)c(N(C)Cc2csc(Br)c2)c1CO. The van der Waals surface area contributed by atoms with Crippen LogP contribution in [0.3, 0.4) is 0 Å². The third-order valence-corrected chi connectivity index (χ3v) is 4.43. The monoisotopic (exact) mass is 329 g/mol. The van der Waals surface area contributed by atoms with Gasteiger partial charge in [-0.15, -0.1) is 11.3 Å². The molecule has 0 radical (unpaired) electrons. The van der Waals surface area contributed by atoms with Gasteiger partial charge in [0.15, 0.2) is 0 Å². The predicted molar refractivity (Wildman–Crippen MR) is 78.0 cm³/mol.